The Kier molecular flexibility index (Phi) is 7.91. The number of ketones is 1. The van der Waals surface area contributed by atoms with Gasteiger partial charge in [-0.15, -0.1) is 0 Å². The van der Waals surface area contributed by atoms with Crippen LogP contribution in [0.1, 0.15) is 61.9 Å². The summed E-state index contributed by atoms with van der Waals surface area (Å²) in [6.07, 6.45) is 8.67. The summed E-state index contributed by atoms with van der Waals surface area (Å²) >= 11 is 0. The van der Waals surface area contributed by atoms with E-state index in [1.54, 1.807) is 6.20 Å². The van der Waals surface area contributed by atoms with Crippen LogP contribution in [0.5, 0.6) is 0 Å². The molecule has 9 heteroatoms. The van der Waals surface area contributed by atoms with Crippen LogP contribution in [0, 0.1) is 11.8 Å². The fourth-order valence-electron chi connectivity index (χ4n) is 4.97. The molecule has 3 N–H and O–H groups in total. The van der Waals surface area contributed by atoms with Crippen LogP contribution in [0.15, 0.2) is 6.20 Å². The minimum atomic E-state index is -0.589. The van der Waals surface area contributed by atoms with E-state index in [0.29, 0.717) is 49.5 Å². The highest BCUT2D eigenvalue weighted by Crippen LogP contribution is 2.28. The first-order valence-electron chi connectivity index (χ1n) is 11.9. The first kappa shape index (κ1) is 22.9. The standard InChI is InChI=1S/C23H35N5O4/c24-22(30)21-23(26-18-5-10-32-11-6-18)27-20(14-25-21)28-7-1-2-17(15-28)13-19(29)12-16-3-8-31-9-4-16/h14,16-18H,1-13,15H2,(H2,24,30)(H,26,27)/t17-/m0/s1. The second kappa shape index (κ2) is 11.0. The molecular weight excluding hydrogens is 410 g/mol. The lowest BCUT2D eigenvalue weighted by Crippen LogP contribution is -2.37. The molecule has 3 aliphatic heterocycles. The van der Waals surface area contributed by atoms with Crippen LogP contribution in [-0.2, 0) is 14.3 Å². The van der Waals surface area contributed by atoms with Gasteiger partial charge in [0.05, 0.1) is 6.20 Å². The molecule has 9 nitrogen and oxygen atoms in total. The molecule has 0 aromatic carbocycles. The van der Waals surface area contributed by atoms with E-state index in [-0.39, 0.29) is 11.7 Å². The lowest BCUT2D eigenvalue weighted by atomic mass is 9.87. The third-order valence-electron chi connectivity index (χ3n) is 6.77. The summed E-state index contributed by atoms with van der Waals surface area (Å²) in [7, 11) is 0. The van der Waals surface area contributed by atoms with Crippen LogP contribution >= 0.6 is 0 Å². The third-order valence-corrected chi connectivity index (χ3v) is 6.77. The van der Waals surface area contributed by atoms with Gasteiger partial charge >= 0.3 is 0 Å². The molecule has 0 bridgehead atoms. The SMILES string of the molecule is NC(=O)c1ncc(N2CCC[C@@H](CC(=O)CC3CCOCC3)C2)nc1NC1CCOCC1. The number of amides is 1. The molecule has 3 saturated heterocycles. The molecule has 1 aromatic rings. The number of primary amides is 1. The van der Waals surface area contributed by atoms with E-state index in [1.807, 2.05) is 0 Å². The van der Waals surface area contributed by atoms with Gasteiger partial charge in [-0.25, -0.2) is 9.97 Å². The maximum Gasteiger partial charge on any atom is 0.271 e. The van der Waals surface area contributed by atoms with Gasteiger partial charge in [-0.05, 0) is 50.4 Å². The predicted octanol–water partition coefficient (Wildman–Crippen LogP) is 2.16. The molecule has 32 heavy (non-hydrogen) atoms. The highest BCUT2D eigenvalue weighted by Gasteiger charge is 2.26. The molecule has 1 aromatic heterocycles. The van der Waals surface area contributed by atoms with Crippen molar-refractivity contribution >= 4 is 23.3 Å². The number of nitrogens with zero attached hydrogens (tertiary/aromatic N) is 3. The van der Waals surface area contributed by atoms with Gasteiger partial charge in [-0.3, -0.25) is 9.59 Å². The second-order valence-corrected chi connectivity index (χ2v) is 9.28. The Bertz CT molecular complexity index is 793. The monoisotopic (exact) mass is 445 g/mol. The Morgan fingerprint density at radius 3 is 2.44 bits per heavy atom. The predicted molar refractivity (Wildman–Crippen MR) is 121 cm³/mol. The molecule has 1 atom stereocenters. The number of rotatable bonds is 8. The number of aromatic nitrogens is 2. The second-order valence-electron chi connectivity index (χ2n) is 9.28. The van der Waals surface area contributed by atoms with E-state index in [1.165, 1.54) is 0 Å². The van der Waals surface area contributed by atoms with E-state index in [0.717, 1.165) is 70.6 Å². The Labute approximate surface area is 189 Å². The number of hydrogen-bond donors (Lipinski definition) is 2. The smallest absolute Gasteiger partial charge is 0.271 e. The van der Waals surface area contributed by atoms with E-state index in [2.05, 4.69) is 15.2 Å². The van der Waals surface area contributed by atoms with Gasteiger partial charge in [0.1, 0.15) is 11.6 Å². The molecule has 0 unspecified atom stereocenters. The van der Waals surface area contributed by atoms with Crippen LogP contribution in [0.3, 0.4) is 0 Å². The van der Waals surface area contributed by atoms with Gasteiger partial charge in [-0.2, -0.15) is 0 Å². The minimum Gasteiger partial charge on any atom is -0.381 e. The summed E-state index contributed by atoms with van der Waals surface area (Å²) in [6, 6.07) is 0.184. The van der Waals surface area contributed by atoms with E-state index >= 15 is 0 Å². The number of nitrogens with one attached hydrogen (secondary N) is 1. The van der Waals surface area contributed by atoms with Crippen LogP contribution in [0.25, 0.3) is 0 Å². The van der Waals surface area contributed by atoms with Crippen LogP contribution < -0.4 is 16.0 Å². The Morgan fingerprint density at radius 2 is 1.72 bits per heavy atom. The lowest BCUT2D eigenvalue weighted by molar-refractivity contribution is -0.121. The van der Waals surface area contributed by atoms with Gasteiger partial charge in [0, 0.05) is 58.4 Å². The van der Waals surface area contributed by atoms with Crippen molar-refractivity contribution in [3.8, 4) is 0 Å². The van der Waals surface area contributed by atoms with Crippen molar-refractivity contribution in [2.75, 3.05) is 49.7 Å². The van der Waals surface area contributed by atoms with E-state index in [4.69, 9.17) is 20.2 Å². The molecule has 3 aliphatic rings. The topological polar surface area (TPSA) is 120 Å². The number of piperidine rings is 1. The van der Waals surface area contributed by atoms with Gasteiger partial charge in [0.25, 0.3) is 5.91 Å². The zero-order chi connectivity index (χ0) is 22.3. The summed E-state index contributed by atoms with van der Waals surface area (Å²) in [5.41, 5.74) is 5.70. The lowest BCUT2D eigenvalue weighted by Gasteiger charge is -2.34. The zero-order valence-electron chi connectivity index (χ0n) is 18.8. The fourth-order valence-corrected chi connectivity index (χ4v) is 4.97. The molecule has 1 amide bonds. The first-order chi connectivity index (χ1) is 15.6. The summed E-state index contributed by atoms with van der Waals surface area (Å²) in [6.45, 7) is 4.57. The number of ether oxygens (including phenoxy) is 2. The summed E-state index contributed by atoms with van der Waals surface area (Å²) in [5.74, 6) is 1.74. The Morgan fingerprint density at radius 1 is 1.03 bits per heavy atom. The molecule has 0 radical (unpaired) electrons. The van der Waals surface area contributed by atoms with E-state index < -0.39 is 5.91 Å². The van der Waals surface area contributed by atoms with Crippen molar-refractivity contribution in [2.45, 2.75) is 57.4 Å². The number of carbonyl (C=O) groups is 2. The molecule has 4 heterocycles. The average molecular weight is 446 g/mol. The van der Waals surface area contributed by atoms with Crippen molar-refractivity contribution in [2.24, 2.45) is 17.6 Å². The maximum absolute atomic E-state index is 12.7. The molecule has 0 spiro atoms. The van der Waals surface area contributed by atoms with Gasteiger partial charge in [-0.1, -0.05) is 0 Å². The molecular formula is C23H35N5O4. The van der Waals surface area contributed by atoms with Crippen LogP contribution in [-0.4, -0.2) is 67.2 Å². The highest BCUT2D eigenvalue weighted by atomic mass is 16.5. The van der Waals surface area contributed by atoms with Gasteiger partial charge in [0.15, 0.2) is 11.5 Å². The molecule has 3 fully saturated rings. The van der Waals surface area contributed by atoms with Crippen molar-refractivity contribution in [1.29, 1.82) is 0 Å². The summed E-state index contributed by atoms with van der Waals surface area (Å²) in [4.78, 5) is 35.8. The fraction of sp³-hybridized carbons (Fsp3) is 0.739. The van der Waals surface area contributed by atoms with Crippen molar-refractivity contribution in [3.63, 3.8) is 0 Å². The highest BCUT2D eigenvalue weighted by molar-refractivity contribution is 5.95. The zero-order valence-corrected chi connectivity index (χ0v) is 18.8. The van der Waals surface area contributed by atoms with Crippen LogP contribution in [0.2, 0.25) is 0 Å². The quantitative estimate of drug-likeness (QED) is 0.625. The van der Waals surface area contributed by atoms with Gasteiger partial charge < -0.3 is 25.4 Å². The number of carbonyl (C=O) groups excluding carboxylic acids is 2. The largest absolute Gasteiger partial charge is 0.381 e. The Hall–Kier alpha value is -2.26. The average Bonchev–Trinajstić information content (AvgIpc) is 2.80. The van der Waals surface area contributed by atoms with E-state index in [9.17, 15) is 9.59 Å². The van der Waals surface area contributed by atoms with Gasteiger partial charge in [0.2, 0.25) is 0 Å². The summed E-state index contributed by atoms with van der Waals surface area (Å²) < 4.78 is 10.8. The number of nitrogens with two attached hydrogens (primary N) is 1. The summed E-state index contributed by atoms with van der Waals surface area (Å²) in [5, 5.41) is 3.35. The number of anilines is 2. The van der Waals surface area contributed by atoms with Crippen molar-refractivity contribution in [3.05, 3.63) is 11.9 Å². The maximum atomic E-state index is 12.7. The molecule has 176 valence electrons. The molecule has 4 rings (SSSR count). The van der Waals surface area contributed by atoms with Crippen molar-refractivity contribution in [1.82, 2.24) is 9.97 Å². The van der Waals surface area contributed by atoms with Crippen LogP contribution in [0.4, 0.5) is 11.6 Å². The first-order valence-corrected chi connectivity index (χ1v) is 11.9. The minimum absolute atomic E-state index is 0.167. The molecule has 0 aliphatic carbocycles. The number of Topliss-reactive ketones (excluding diaryl/α,β-unsaturated/α-hetero) is 1. The third kappa shape index (κ3) is 6.16. The molecule has 0 saturated carbocycles. The van der Waals surface area contributed by atoms with Crippen molar-refractivity contribution < 1.29 is 19.1 Å². The number of hydrogen-bond acceptors (Lipinski definition) is 8. The Balaban J connectivity index is 1.38. The normalized spacial score (nSPS) is 23.1.